The molecule has 0 spiro atoms. The number of carbonyl (C=O) groups excluding carboxylic acids is 2. The monoisotopic (exact) mass is 511 g/mol. The Morgan fingerprint density at radius 2 is 1.86 bits per heavy atom. The number of amides is 1. The standard InChI is InChI=1S/C29H23ClN4O3/c30-21-11-10-20(15-31)26(14-21)33-27(35)18-37-29(36)28-22-8-4-5-9-24(22)32-25-12-13-34(17-23(25)28)16-19-6-2-1-3-7-19/h1-11,14H,12-13,16-18H2,(H,33,35)/p+1. The van der Waals surface area contributed by atoms with Crippen molar-refractivity contribution in [1.29, 1.82) is 5.26 Å². The highest BCUT2D eigenvalue weighted by molar-refractivity contribution is 6.31. The van der Waals surface area contributed by atoms with E-state index in [4.69, 9.17) is 21.3 Å². The number of carbonyl (C=O) groups is 2. The summed E-state index contributed by atoms with van der Waals surface area (Å²) in [5.41, 5.74) is 4.70. The first-order valence-electron chi connectivity index (χ1n) is 12.0. The minimum absolute atomic E-state index is 0.264. The average Bonchev–Trinajstić information content (AvgIpc) is 2.91. The Morgan fingerprint density at radius 3 is 2.68 bits per heavy atom. The summed E-state index contributed by atoms with van der Waals surface area (Å²) in [5, 5.41) is 13.0. The van der Waals surface area contributed by atoms with Gasteiger partial charge in [-0.3, -0.25) is 9.78 Å². The number of aromatic nitrogens is 1. The van der Waals surface area contributed by atoms with Crippen LogP contribution in [-0.4, -0.2) is 30.0 Å². The molecule has 184 valence electrons. The zero-order valence-corrected chi connectivity index (χ0v) is 20.7. The van der Waals surface area contributed by atoms with Crippen LogP contribution in [-0.2, 0) is 29.0 Å². The number of fused-ring (bicyclic) bond motifs is 2. The van der Waals surface area contributed by atoms with E-state index in [9.17, 15) is 14.9 Å². The molecule has 1 unspecified atom stereocenters. The van der Waals surface area contributed by atoms with Gasteiger partial charge >= 0.3 is 5.97 Å². The number of quaternary nitrogens is 1. The van der Waals surface area contributed by atoms with Crippen molar-refractivity contribution in [2.75, 3.05) is 18.5 Å². The number of ether oxygens (including phenoxy) is 1. The van der Waals surface area contributed by atoms with Crippen molar-refractivity contribution in [2.24, 2.45) is 0 Å². The number of para-hydroxylation sites is 1. The molecule has 3 aromatic carbocycles. The summed E-state index contributed by atoms with van der Waals surface area (Å²) in [7, 11) is 0. The van der Waals surface area contributed by atoms with Gasteiger partial charge in [0.1, 0.15) is 19.2 Å². The lowest BCUT2D eigenvalue weighted by Gasteiger charge is -2.27. The molecule has 1 aromatic heterocycles. The van der Waals surface area contributed by atoms with Crippen molar-refractivity contribution in [3.8, 4) is 6.07 Å². The fourth-order valence-electron chi connectivity index (χ4n) is 4.71. The van der Waals surface area contributed by atoms with E-state index in [0.717, 1.165) is 36.3 Å². The molecule has 4 aromatic rings. The number of nitriles is 1. The first kappa shape index (κ1) is 24.4. The van der Waals surface area contributed by atoms with E-state index >= 15 is 0 Å². The fourth-order valence-corrected chi connectivity index (χ4v) is 4.88. The Labute approximate surface area is 219 Å². The number of nitrogens with zero attached hydrogens (tertiary/aromatic N) is 2. The lowest BCUT2D eigenvalue weighted by Crippen LogP contribution is -3.10. The molecule has 1 aliphatic rings. The van der Waals surface area contributed by atoms with Gasteiger partial charge in [-0.1, -0.05) is 60.1 Å². The largest absolute Gasteiger partial charge is 0.452 e. The number of rotatable bonds is 6. The van der Waals surface area contributed by atoms with Crippen LogP contribution in [0.15, 0.2) is 72.8 Å². The maximum Gasteiger partial charge on any atom is 0.339 e. The van der Waals surface area contributed by atoms with Crippen LogP contribution in [0, 0.1) is 11.3 Å². The van der Waals surface area contributed by atoms with Gasteiger partial charge in [0.15, 0.2) is 6.61 Å². The molecule has 0 saturated heterocycles. The Balaban J connectivity index is 1.38. The SMILES string of the molecule is N#Cc1ccc(Cl)cc1NC(=O)COC(=O)c1c2c(nc3ccccc13)CC[NH+](Cc1ccccc1)C2. The van der Waals surface area contributed by atoms with E-state index < -0.39 is 18.5 Å². The van der Waals surface area contributed by atoms with Crippen LogP contribution in [0.2, 0.25) is 5.02 Å². The number of anilines is 1. The first-order valence-corrected chi connectivity index (χ1v) is 12.3. The predicted molar refractivity (Wildman–Crippen MR) is 140 cm³/mol. The fraction of sp³-hybridized carbons (Fsp3) is 0.172. The van der Waals surface area contributed by atoms with Crippen molar-refractivity contribution < 1.29 is 19.2 Å². The van der Waals surface area contributed by atoms with Gasteiger partial charge in [0.05, 0.1) is 34.6 Å². The van der Waals surface area contributed by atoms with Gasteiger partial charge in [-0.15, -0.1) is 0 Å². The molecule has 1 aliphatic heterocycles. The lowest BCUT2D eigenvalue weighted by molar-refractivity contribution is -0.929. The van der Waals surface area contributed by atoms with Crippen molar-refractivity contribution >= 4 is 40.1 Å². The van der Waals surface area contributed by atoms with E-state index in [1.165, 1.54) is 22.6 Å². The first-order chi connectivity index (χ1) is 18.0. The number of benzene rings is 3. The van der Waals surface area contributed by atoms with Gasteiger partial charge in [-0.05, 0) is 24.3 Å². The number of hydrogen-bond acceptors (Lipinski definition) is 5. The maximum atomic E-state index is 13.4. The van der Waals surface area contributed by atoms with E-state index in [-0.39, 0.29) is 11.3 Å². The highest BCUT2D eigenvalue weighted by atomic mass is 35.5. The number of nitrogens with one attached hydrogen (secondary N) is 2. The average molecular weight is 512 g/mol. The van der Waals surface area contributed by atoms with Crippen molar-refractivity contribution in [3.63, 3.8) is 0 Å². The number of pyridine rings is 1. The minimum Gasteiger partial charge on any atom is -0.452 e. The summed E-state index contributed by atoms with van der Waals surface area (Å²) < 4.78 is 5.49. The maximum absolute atomic E-state index is 13.4. The second-order valence-corrected chi connectivity index (χ2v) is 9.38. The molecular weight excluding hydrogens is 488 g/mol. The molecule has 2 N–H and O–H groups in total. The van der Waals surface area contributed by atoms with Crippen LogP contribution in [0.4, 0.5) is 5.69 Å². The van der Waals surface area contributed by atoms with Crippen molar-refractivity contribution in [1.82, 2.24) is 4.98 Å². The van der Waals surface area contributed by atoms with E-state index in [1.807, 2.05) is 48.5 Å². The molecule has 2 heterocycles. The molecule has 0 fully saturated rings. The van der Waals surface area contributed by atoms with Crippen LogP contribution in [0.25, 0.3) is 10.9 Å². The highest BCUT2D eigenvalue weighted by Gasteiger charge is 2.29. The summed E-state index contributed by atoms with van der Waals surface area (Å²) in [5.74, 6) is -1.13. The molecule has 7 nitrogen and oxygen atoms in total. The van der Waals surface area contributed by atoms with Crippen molar-refractivity contribution in [3.05, 3.63) is 106 Å². The Morgan fingerprint density at radius 1 is 1.08 bits per heavy atom. The topological polar surface area (TPSA) is 96.5 Å². The summed E-state index contributed by atoms with van der Waals surface area (Å²) >= 11 is 6.00. The van der Waals surface area contributed by atoms with Crippen LogP contribution in [0.3, 0.4) is 0 Å². The molecule has 37 heavy (non-hydrogen) atoms. The number of halogens is 1. The molecule has 1 amide bonds. The Bertz CT molecular complexity index is 1530. The second-order valence-electron chi connectivity index (χ2n) is 8.94. The van der Waals surface area contributed by atoms with Crippen molar-refractivity contribution in [2.45, 2.75) is 19.5 Å². The molecule has 0 aliphatic carbocycles. The lowest BCUT2D eigenvalue weighted by atomic mass is 9.95. The third-order valence-corrected chi connectivity index (χ3v) is 6.67. The third-order valence-electron chi connectivity index (χ3n) is 6.43. The number of esters is 1. The van der Waals surface area contributed by atoms with E-state index in [0.29, 0.717) is 22.5 Å². The van der Waals surface area contributed by atoms with Crippen LogP contribution in [0.5, 0.6) is 0 Å². The molecule has 0 radical (unpaired) electrons. The van der Waals surface area contributed by atoms with E-state index in [2.05, 4.69) is 17.4 Å². The zero-order chi connectivity index (χ0) is 25.8. The molecule has 0 bridgehead atoms. The van der Waals surface area contributed by atoms with Gasteiger partial charge in [0, 0.05) is 28.0 Å². The molecular formula is C29H24ClN4O3+. The Kier molecular flexibility index (Phi) is 7.13. The summed E-state index contributed by atoms with van der Waals surface area (Å²) in [6, 6.07) is 24.3. The summed E-state index contributed by atoms with van der Waals surface area (Å²) in [6.45, 7) is 1.88. The van der Waals surface area contributed by atoms with Gasteiger partial charge in [-0.2, -0.15) is 5.26 Å². The minimum atomic E-state index is -0.572. The van der Waals surface area contributed by atoms with Gasteiger partial charge in [-0.25, -0.2) is 4.79 Å². The highest BCUT2D eigenvalue weighted by Crippen LogP contribution is 2.26. The molecule has 1 atom stereocenters. The quantitative estimate of drug-likeness (QED) is 0.385. The van der Waals surface area contributed by atoms with Gasteiger partial charge < -0.3 is 15.0 Å². The predicted octanol–water partition coefficient (Wildman–Crippen LogP) is 3.70. The second kappa shape index (κ2) is 10.8. The van der Waals surface area contributed by atoms with Gasteiger partial charge in [0.2, 0.25) is 0 Å². The molecule has 5 rings (SSSR count). The summed E-state index contributed by atoms with van der Waals surface area (Å²) in [4.78, 5) is 32.2. The zero-order valence-electron chi connectivity index (χ0n) is 20.0. The van der Waals surface area contributed by atoms with Crippen LogP contribution < -0.4 is 10.2 Å². The molecule has 8 heteroatoms. The van der Waals surface area contributed by atoms with Crippen LogP contribution in [0.1, 0.15) is 32.7 Å². The normalized spacial score (nSPS) is 14.4. The molecule has 0 saturated carbocycles. The van der Waals surface area contributed by atoms with E-state index in [1.54, 1.807) is 6.07 Å². The van der Waals surface area contributed by atoms with Gasteiger partial charge in [0.25, 0.3) is 5.91 Å². The Hall–Kier alpha value is -4.25. The van der Waals surface area contributed by atoms with Crippen LogP contribution >= 0.6 is 11.6 Å². The third kappa shape index (κ3) is 5.46. The number of hydrogen-bond donors (Lipinski definition) is 2. The smallest absolute Gasteiger partial charge is 0.339 e. The summed E-state index contributed by atoms with van der Waals surface area (Å²) in [6.07, 6.45) is 0.745.